The maximum Gasteiger partial charge on any atom is 0.323 e. The summed E-state index contributed by atoms with van der Waals surface area (Å²) in [5.41, 5.74) is 3.34. The molecule has 8 nitrogen and oxygen atoms in total. The van der Waals surface area contributed by atoms with Gasteiger partial charge in [-0.15, -0.1) is 0 Å². The van der Waals surface area contributed by atoms with Gasteiger partial charge in [0.1, 0.15) is 12.3 Å². The molecule has 2 N–H and O–H groups in total. The molecule has 0 radical (unpaired) electrons. The van der Waals surface area contributed by atoms with Gasteiger partial charge in [0.2, 0.25) is 5.95 Å². The lowest BCUT2D eigenvalue weighted by Gasteiger charge is -2.22. The monoisotopic (exact) mass is 457 g/mol. The topological polar surface area (TPSA) is 102 Å². The van der Waals surface area contributed by atoms with E-state index in [0.717, 1.165) is 5.56 Å². The summed E-state index contributed by atoms with van der Waals surface area (Å²) >= 11 is 0. The minimum Gasteiger partial charge on any atom is -0.480 e. The van der Waals surface area contributed by atoms with Crippen LogP contribution in [0.2, 0.25) is 0 Å². The van der Waals surface area contributed by atoms with Crippen molar-refractivity contribution in [3.8, 4) is 11.6 Å². The Morgan fingerprint density at radius 1 is 1.03 bits per heavy atom. The first kappa shape index (κ1) is 21.9. The molecule has 1 aliphatic rings. The fraction of sp³-hybridized carbons (Fsp3) is 0.308. The Morgan fingerprint density at radius 2 is 1.79 bits per heavy atom. The average molecular weight is 458 g/mol. The number of benzene rings is 2. The highest BCUT2D eigenvalue weighted by molar-refractivity contribution is 5.79. The molecule has 0 saturated heterocycles. The Balaban J connectivity index is 1.38. The summed E-state index contributed by atoms with van der Waals surface area (Å²) < 4.78 is 7.44. The number of aromatic nitrogens is 4. The molecule has 1 fully saturated rings. The van der Waals surface area contributed by atoms with E-state index in [1.54, 1.807) is 0 Å². The van der Waals surface area contributed by atoms with Crippen molar-refractivity contribution in [3.05, 3.63) is 72.1 Å². The van der Waals surface area contributed by atoms with Gasteiger partial charge in [0.15, 0.2) is 11.2 Å². The third-order valence-electron chi connectivity index (χ3n) is 6.20. The summed E-state index contributed by atoms with van der Waals surface area (Å²) in [5, 5.41) is 12.5. The minimum absolute atomic E-state index is 0.250. The molecule has 4 aromatic rings. The number of hydrogen-bond donors (Lipinski definition) is 2. The summed E-state index contributed by atoms with van der Waals surface area (Å²) in [6.45, 7) is 0.286. The number of nitrogens with one attached hydrogen (secondary N) is 1. The molecular weight excluding hydrogens is 430 g/mol. The molecule has 8 heteroatoms. The van der Waals surface area contributed by atoms with Crippen LogP contribution in [0.3, 0.4) is 0 Å². The van der Waals surface area contributed by atoms with Gasteiger partial charge in [-0.2, -0.15) is 9.97 Å². The van der Waals surface area contributed by atoms with E-state index in [2.05, 4.69) is 44.5 Å². The molecule has 1 aliphatic carbocycles. The Kier molecular flexibility index (Phi) is 6.38. The highest BCUT2D eigenvalue weighted by Gasteiger charge is 2.17. The highest BCUT2D eigenvalue weighted by Crippen LogP contribution is 2.33. The third kappa shape index (κ3) is 5.01. The zero-order chi connectivity index (χ0) is 23.3. The quantitative estimate of drug-likeness (QED) is 0.367. The van der Waals surface area contributed by atoms with Crippen LogP contribution < -0.4 is 10.1 Å². The van der Waals surface area contributed by atoms with Crippen molar-refractivity contribution in [1.29, 1.82) is 0 Å². The third-order valence-corrected chi connectivity index (χ3v) is 6.20. The van der Waals surface area contributed by atoms with E-state index in [0.29, 0.717) is 35.3 Å². The molecule has 0 amide bonds. The largest absolute Gasteiger partial charge is 0.480 e. The SMILES string of the molecule is O=C(O)Cn1cnc2c(Oc3ccccc3)nc(NCc3ccc(C4CCCCC4)cc3)nc21. The van der Waals surface area contributed by atoms with Gasteiger partial charge in [0.25, 0.3) is 5.88 Å². The van der Waals surface area contributed by atoms with E-state index >= 15 is 0 Å². The number of nitrogens with zero attached hydrogens (tertiary/aromatic N) is 4. The highest BCUT2D eigenvalue weighted by atomic mass is 16.5. The van der Waals surface area contributed by atoms with Crippen LogP contribution in [0.4, 0.5) is 5.95 Å². The van der Waals surface area contributed by atoms with Gasteiger partial charge in [-0.25, -0.2) is 4.98 Å². The van der Waals surface area contributed by atoms with E-state index in [4.69, 9.17) is 4.74 Å². The van der Waals surface area contributed by atoms with Crippen molar-refractivity contribution < 1.29 is 14.6 Å². The van der Waals surface area contributed by atoms with E-state index < -0.39 is 5.97 Å². The standard InChI is InChI=1S/C26H27N5O3/c32-22(33)16-31-17-28-23-24(31)29-26(30-25(23)34-21-9-5-2-6-10-21)27-15-18-11-13-20(14-12-18)19-7-3-1-4-8-19/h2,5-6,9-14,17,19H,1,3-4,7-8,15-16H2,(H,32,33)(H,27,29,30). The van der Waals surface area contributed by atoms with Gasteiger partial charge >= 0.3 is 5.97 Å². The predicted molar refractivity (Wildman–Crippen MR) is 129 cm³/mol. The fourth-order valence-electron chi connectivity index (χ4n) is 4.45. The lowest BCUT2D eigenvalue weighted by Crippen LogP contribution is -2.10. The summed E-state index contributed by atoms with van der Waals surface area (Å²) in [6, 6.07) is 18.0. The lowest BCUT2D eigenvalue weighted by atomic mass is 9.84. The number of ether oxygens (including phenoxy) is 1. The Labute approximate surface area is 197 Å². The number of rotatable bonds is 8. The number of imidazole rings is 1. The number of para-hydroxylation sites is 1. The van der Waals surface area contributed by atoms with Gasteiger partial charge in [0, 0.05) is 6.54 Å². The van der Waals surface area contributed by atoms with Crippen molar-refractivity contribution in [1.82, 2.24) is 19.5 Å². The molecule has 0 spiro atoms. The van der Waals surface area contributed by atoms with Crippen LogP contribution in [0.1, 0.15) is 49.1 Å². The predicted octanol–water partition coefficient (Wildman–Crippen LogP) is 5.36. The molecule has 0 aliphatic heterocycles. The Hall–Kier alpha value is -3.94. The van der Waals surface area contributed by atoms with Gasteiger partial charge in [-0.1, -0.05) is 61.7 Å². The number of hydrogen-bond acceptors (Lipinski definition) is 6. The molecule has 2 aromatic heterocycles. The Morgan fingerprint density at radius 3 is 2.53 bits per heavy atom. The van der Waals surface area contributed by atoms with Crippen molar-refractivity contribution in [2.24, 2.45) is 0 Å². The molecule has 0 unspecified atom stereocenters. The summed E-state index contributed by atoms with van der Waals surface area (Å²) in [5.74, 6) is 0.932. The first-order chi connectivity index (χ1) is 16.7. The zero-order valence-corrected chi connectivity index (χ0v) is 18.9. The van der Waals surface area contributed by atoms with Crippen LogP contribution in [0.15, 0.2) is 60.9 Å². The number of carboxylic acids is 1. The van der Waals surface area contributed by atoms with Crippen LogP contribution in [0.25, 0.3) is 11.2 Å². The molecular formula is C26H27N5O3. The maximum atomic E-state index is 11.3. The minimum atomic E-state index is -0.976. The second-order valence-corrected chi connectivity index (χ2v) is 8.64. The summed E-state index contributed by atoms with van der Waals surface area (Å²) in [7, 11) is 0. The fourth-order valence-corrected chi connectivity index (χ4v) is 4.45. The van der Waals surface area contributed by atoms with E-state index in [-0.39, 0.29) is 12.4 Å². The number of carboxylic acid groups (broad SMARTS) is 1. The normalized spacial score (nSPS) is 14.2. The smallest absolute Gasteiger partial charge is 0.323 e. The van der Waals surface area contributed by atoms with Gasteiger partial charge in [-0.3, -0.25) is 4.79 Å². The second kappa shape index (κ2) is 9.91. The van der Waals surface area contributed by atoms with Crippen molar-refractivity contribution >= 4 is 23.1 Å². The van der Waals surface area contributed by atoms with Crippen molar-refractivity contribution in [3.63, 3.8) is 0 Å². The van der Waals surface area contributed by atoms with Crippen LogP contribution in [0, 0.1) is 0 Å². The molecule has 0 atom stereocenters. The second-order valence-electron chi connectivity index (χ2n) is 8.64. The van der Waals surface area contributed by atoms with E-state index in [9.17, 15) is 9.90 Å². The maximum absolute atomic E-state index is 11.3. The molecule has 34 heavy (non-hydrogen) atoms. The number of aliphatic carboxylic acids is 1. The van der Waals surface area contributed by atoms with Crippen LogP contribution >= 0.6 is 0 Å². The first-order valence-corrected chi connectivity index (χ1v) is 11.7. The molecule has 2 aromatic carbocycles. The van der Waals surface area contributed by atoms with E-state index in [1.165, 1.54) is 48.6 Å². The molecule has 2 heterocycles. The summed E-state index contributed by atoms with van der Waals surface area (Å²) in [4.78, 5) is 24.6. The molecule has 174 valence electrons. The first-order valence-electron chi connectivity index (χ1n) is 11.7. The van der Waals surface area contributed by atoms with Crippen LogP contribution in [-0.2, 0) is 17.9 Å². The summed E-state index contributed by atoms with van der Waals surface area (Å²) in [6.07, 6.45) is 7.99. The zero-order valence-electron chi connectivity index (χ0n) is 18.9. The Bertz CT molecular complexity index is 1270. The van der Waals surface area contributed by atoms with Gasteiger partial charge in [-0.05, 0) is 42.0 Å². The van der Waals surface area contributed by atoms with Crippen LogP contribution in [-0.4, -0.2) is 30.6 Å². The number of anilines is 1. The van der Waals surface area contributed by atoms with E-state index in [1.807, 2.05) is 30.3 Å². The molecule has 1 saturated carbocycles. The van der Waals surface area contributed by atoms with Gasteiger partial charge < -0.3 is 19.7 Å². The number of fused-ring (bicyclic) bond motifs is 1. The number of carbonyl (C=O) groups is 1. The molecule has 5 rings (SSSR count). The molecule has 0 bridgehead atoms. The van der Waals surface area contributed by atoms with Crippen molar-refractivity contribution in [2.45, 2.75) is 51.1 Å². The van der Waals surface area contributed by atoms with Gasteiger partial charge in [0.05, 0.1) is 6.33 Å². The van der Waals surface area contributed by atoms with Crippen molar-refractivity contribution in [2.75, 3.05) is 5.32 Å². The average Bonchev–Trinajstić information content (AvgIpc) is 3.26. The lowest BCUT2D eigenvalue weighted by molar-refractivity contribution is -0.137. The van der Waals surface area contributed by atoms with Crippen LogP contribution in [0.5, 0.6) is 11.6 Å².